The van der Waals surface area contributed by atoms with Gasteiger partial charge in [0.1, 0.15) is 12.4 Å². The first-order chi connectivity index (χ1) is 14.4. The van der Waals surface area contributed by atoms with E-state index in [1.807, 2.05) is 0 Å². The van der Waals surface area contributed by atoms with Crippen molar-refractivity contribution in [2.24, 2.45) is 5.92 Å². The van der Waals surface area contributed by atoms with Crippen LogP contribution >= 0.6 is 0 Å². The third kappa shape index (κ3) is 4.08. The third-order valence-corrected chi connectivity index (χ3v) is 5.81. The van der Waals surface area contributed by atoms with Gasteiger partial charge in [0, 0.05) is 19.1 Å². The van der Waals surface area contributed by atoms with Crippen molar-refractivity contribution in [1.29, 1.82) is 0 Å². The Hall–Kier alpha value is -2.78. The number of benzene rings is 1. The molecule has 10 heteroatoms. The number of halogens is 3. The third-order valence-electron chi connectivity index (χ3n) is 5.81. The smallest absolute Gasteiger partial charge is 0.263 e. The zero-order valence-electron chi connectivity index (χ0n) is 16.5. The highest BCUT2D eigenvalue weighted by atomic mass is 19.3. The van der Waals surface area contributed by atoms with Crippen LogP contribution in [0.4, 0.5) is 19.1 Å². The summed E-state index contributed by atoms with van der Waals surface area (Å²) < 4.78 is 47.7. The van der Waals surface area contributed by atoms with Crippen LogP contribution in [0.3, 0.4) is 0 Å². The molecule has 2 aliphatic heterocycles. The fourth-order valence-corrected chi connectivity index (χ4v) is 4.28. The number of hydrogen-bond donors (Lipinski definition) is 1. The van der Waals surface area contributed by atoms with Crippen molar-refractivity contribution in [2.75, 3.05) is 18.4 Å². The van der Waals surface area contributed by atoms with E-state index >= 15 is 0 Å². The van der Waals surface area contributed by atoms with Gasteiger partial charge in [-0.25, -0.2) is 17.9 Å². The van der Waals surface area contributed by atoms with Crippen LogP contribution in [0.25, 0.3) is 0 Å². The highest BCUT2D eigenvalue weighted by molar-refractivity contribution is 5.81. The summed E-state index contributed by atoms with van der Waals surface area (Å²) in [7, 11) is 0. The number of anilines is 1. The van der Waals surface area contributed by atoms with E-state index in [0.717, 1.165) is 12.8 Å². The van der Waals surface area contributed by atoms with Crippen molar-refractivity contribution in [3.05, 3.63) is 36.4 Å². The second kappa shape index (κ2) is 8.53. The summed E-state index contributed by atoms with van der Waals surface area (Å²) in [5.74, 6) is -0.416. The Morgan fingerprint density at radius 2 is 2.13 bits per heavy atom. The van der Waals surface area contributed by atoms with E-state index in [-0.39, 0.29) is 30.0 Å². The summed E-state index contributed by atoms with van der Waals surface area (Å²) in [6, 6.07) is 4.66. The molecule has 7 nitrogen and oxygen atoms in total. The molecule has 1 amide bonds. The van der Waals surface area contributed by atoms with Gasteiger partial charge in [-0.1, -0.05) is 12.1 Å². The predicted molar refractivity (Wildman–Crippen MR) is 103 cm³/mol. The number of piperidine rings is 1. The van der Waals surface area contributed by atoms with Gasteiger partial charge >= 0.3 is 0 Å². The van der Waals surface area contributed by atoms with E-state index in [0.29, 0.717) is 19.0 Å². The van der Waals surface area contributed by atoms with Gasteiger partial charge in [0.05, 0.1) is 0 Å². The van der Waals surface area contributed by atoms with E-state index in [4.69, 9.17) is 4.74 Å². The Bertz CT molecular complexity index is 893. The topological polar surface area (TPSA) is 72.3 Å². The zero-order chi connectivity index (χ0) is 21.3. The number of aromatic nitrogens is 3. The molecular weight excluding hydrogens is 399 g/mol. The number of carbonyl (C=O) groups excluding carboxylic acids is 1. The Morgan fingerprint density at radius 1 is 1.33 bits per heavy atom. The number of para-hydroxylation sites is 1. The lowest BCUT2D eigenvalue weighted by molar-refractivity contribution is -0.140. The van der Waals surface area contributed by atoms with Crippen molar-refractivity contribution >= 4 is 11.9 Å². The van der Waals surface area contributed by atoms with Gasteiger partial charge in [-0.3, -0.25) is 4.79 Å². The number of carbonyl (C=O) groups is 1. The summed E-state index contributed by atoms with van der Waals surface area (Å²) >= 11 is 0. The average Bonchev–Trinajstić information content (AvgIpc) is 3.22. The molecule has 1 N–H and O–H groups in total. The molecular formula is C20H24F3N5O2. The molecule has 0 bridgehead atoms. The van der Waals surface area contributed by atoms with Crippen molar-refractivity contribution in [2.45, 2.75) is 50.8 Å². The largest absolute Gasteiger partial charge is 0.478 e. The first-order valence-corrected chi connectivity index (χ1v) is 10.1. The number of alkyl halides is 2. The zero-order valence-corrected chi connectivity index (χ0v) is 16.5. The molecule has 2 aromatic rings. The second-order valence-electron chi connectivity index (χ2n) is 7.79. The molecule has 162 valence electrons. The van der Waals surface area contributed by atoms with Crippen molar-refractivity contribution in [3.8, 4) is 5.75 Å². The maximum Gasteiger partial charge on any atom is 0.263 e. The van der Waals surface area contributed by atoms with E-state index < -0.39 is 24.4 Å². The average molecular weight is 423 g/mol. The van der Waals surface area contributed by atoms with Crippen molar-refractivity contribution < 1.29 is 22.7 Å². The van der Waals surface area contributed by atoms with Gasteiger partial charge in [-0.15, -0.1) is 0 Å². The standard InChI is InChI=1S/C20H24F3N5O2/c1-12(30-17-7-3-2-6-14(17)21)19(29)27-8-4-5-13(10-27)15-9-16(18(22)23)28-20(26-15)24-11-25-28/h2-3,6-7,11-13,15-16,18H,4-5,8-10H2,1H3,(H,24,25,26)/t12-,13-,15-,16+/m0/s1. The van der Waals surface area contributed by atoms with Gasteiger partial charge < -0.3 is 15.0 Å². The Labute approximate surface area is 172 Å². The SMILES string of the molecule is C[C@H](Oc1ccccc1F)C(=O)N1CCC[C@H]([C@@H]2C[C@H](C(F)F)n3ncnc3N2)C1. The molecule has 0 radical (unpaired) electrons. The number of nitrogens with zero attached hydrogens (tertiary/aromatic N) is 4. The Balaban J connectivity index is 1.42. The number of nitrogens with one attached hydrogen (secondary N) is 1. The molecule has 1 fully saturated rings. The van der Waals surface area contributed by atoms with Crippen LogP contribution in [-0.2, 0) is 4.79 Å². The lowest BCUT2D eigenvalue weighted by Crippen LogP contribution is -2.50. The molecule has 1 aromatic carbocycles. The summed E-state index contributed by atoms with van der Waals surface area (Å²) in [6.45, 7) is 2.57. The maximum absolute atomic E-state index is 13.8. The van der Waals surface area contributed by atoms with Crippen LogP contribution in [0.5, 0.6) is 5.75 Å². The van der Waals surface area contributed by atoms with Crippen LogP contribution in [0.15, 0.2) is 30.6 Å². The van der Waals surface area contributed by atoms with Gasteiger partial charge in [-0.2, -0.15) is 10.1 Å². The molecule has 1 saturated heterocycles. The molecule has 3 heterocycles. The molecule has 1 aromatic heterocycles. The molecule has 0 aliphatic carbocycles. The van der Waals surface area contributed by atoms with Gasteiger partial charge in [0.25, 0.3) is 12.3 Å². The molecule has 0 saturated carbocycles. The number of hydrogen-bond acceptors (Lipinski definition) is 5. The molecule has 30 heavy (non-hydrogen) atoms. The molecule has 0 spiro atoms. The van der Waals surface area contributed by atoms with Gasteiger partial charge in [0.2, 0.25) is 5.95 Å². The number of fused-ring (bicyclic) bond motifs is 1. The Morgan fingerprint density at radius 3 is 2.90 bits per heavy atom. The number of ether oxygens (including phenoxy) is 1. The normalized spacial score (nSPS) is 24.8. The van der Waals surface area contributed by atoms with Gasteiger partial charge in [-0.05, 0) is 44.2 Å². The minimum Gasteiger partial charge on any atom is -0.478 e. The number of amides is 1. The lowest BCUT2D eigenvalue weighted by atomic mass is 9.86. The Kier molecular flexibility index (Phi) is 5.83. The van der Waals surface area contributed by atoms with E-state index in [2.05, 4.69) is 15.4 Å². The van der Waals surface area contributed by atoms with Crippen molar-refractivity contribution in [1.82, 2.24) is 19.7 Å². The minimum absolute atomic E-state index is 0.00457. The van der Waals surface area contributed by atoms with Crippen LogP contribution in [0, 0.1) is 11.7 Å². The van der Waals surface area contributed by atoms with Crippen LogP contribution in [-0.4, -0.2) is 57.2 Å². The number of rotatable bonds is 5. The summed E-state index contributed by atoms with van der Waals surface area (Å²) in [5.41, 5.74) is 0. The summed E-state index contributed by atoms with van der Waals surface area (Å²) in [5, 5.41) is 7.11. The quantitative estimate of drug-likeness (QED) is 0.800. The van der Waals surface area contributed by atoms with E-state index in [9.17, 15) is 18.0 Å². The minimum atomic E-state index is -2.55. The molecule has 4 rings (SSSR count). The van der Waals surface area contributed by atoms with Crippen LogP contribution in [0.1, 0.15) is 32.2 Å². The van der Waals surface area contributed by atoms with Crippen LogP contribution in [0.2, 0.25) is 0 Å². The lowest BCUT2D eigenvalue weighted by Gasteiger charge is -2.41. The second-order valence-corrected chi connectivity index (χ2v) is 7.79. The first kappa shape index (κ1) is 20.5. The highest BCUT2D eigenvalue weighted by Crippen LogP contribution is 2.35. The fraction of sp³-hybridized carbons (Fsp3) is 0.550. The summed E-state index contributed by atoms with van der Waals surface area (Å²) in [6.07, 6.45) is -0.357. The van der Waals surface area contributed by atoms with Crippen molar-refractivity contribution in [3.63, 3.8) is 0 Å². The van der Waals surface area contributed by atoms with E-state index in [1.165, 1.54) is 23.1 Å². The maximum atomic E-state index is 13.8. The van der Waals surface area contributed by atoms with Gasteiger partial charge in [0.15, 0.2) is 17.7 Å². The molecule has 4 atom stereocenters. The first-order valence-electron chi connectivity index (χ1n) is 10.1. The predicted octanol–water partition coefficient (Wildman–Crippen LogP) is 3.11. The fourth-order valence-electron chi connectivity index (χ4n) is 4.28. The monoisotopic (exact) mass is 423 g/mol. The molecule has 0 unspecified atom stereocenters. The number of likely N-dealkylation sites (tertiary alicyclic amines) is 1. The van der Waals surface area contributed by atoms with Crippen LogP contribution < -0.4 is 10.1 Å². The molecule has 2 aliphatic rings. The summed E-state index contributed by atoms with van der Waals surface area (Å²) in [4.78, 5) is 18.6. The highest BCUT2D eigenvalue weighted by Gasteiger charge is 2.39. The van der Waals surface area contributed by atoms with E-state index in [1.54, 1.807) is 24.0 Å².